The Balaban J connectivity index is 5.18. The largest absolute Gasteiger partial charge is 0.366 e. The first-order chi connectivity index (χ1) is 17.2. The molecule has 0 aromatic heterocycles. The van der Waals surface area contributed by atoms with Gasteiger partial charge < -0.3 is 24.1 Å². The topological polar surface area (TPSA) is 250 Å². The lowest BCUT2D eigenvalue weighted by Gasteiger charge is -2.41. The summed E-state index contributed by atoms with van der Waals surface area (Å²) in [6.45, 7) is -1.67. The summed E-state index contributed by atoms with van der Waals surface area (Å²) in [6, 6.07) is 0. The van der Waals surface area contributed by atoms with Crippen LogP contribution in [0.4, 0.5) is 0 Å². The Morgan fingerprint density at radius 2 is 1.16 bits per heavy atom. The van der Waals surface area contributed by atoms with Crippen LogP contribution < -0.4 is 0 Å². The molecule has 0 saturated heterocycles. The Bertz CT molecular complexity index is 790. The fraction of sp³-hybridized carbons (Fsp3) is 1.00. The van der Waals surface area contributed by atoms with Crippen LogP contribution in [0.1, 0.15) is 12.8 Å². The van der Waals surface area contributed by atoms with E-state index < -0.39 is 53.3 Å². The molecule has 23 heteroatoms. The Labute approximate surface area is 210 Å². The molecule has 2 atom stereocenters. The van der Waals surface area contributed by atoms with E-state index in [0.717, 1.165) is 0 Å². The van der Waals surface area contributed by atoms with Gasteiger partial charge in [0, 0.05) is 6.42 Å². The quantitative estimate of drug-likeness (QED) is 0.0559. The molecule has 0 saturated carbocycles. The molecule has 0 radical (unpaired) electrons. The molecule has 0 heterocycles. The van der Waals surface area contributed by atoms with Crippen molar-refractivity contribution in [3.05, 3.63) is 40.5 Å². The number of rotatable bonds is 22. The van der Waals surface area contributed by atoms with Crippen molar-refractivity contribution in [2.75, 3.05) is 68.4 Å². The number of hydrogen-bond donors (Lipinski definition) is 0. The Kier molecular flexibility index (Phi) is 15.8. The summed E-state index contributed by atoms with van der Waals surface area (Å²) in [5, 5.41) is 37.4. The molecular weight excluding hydrogens is 535 g/mol. The van der Waals surface area contributed by atoms with Crippen LogP contribution in [0.15, 0.2) is 4.91 Å². The van der Waals surface area contributed by atoms with Crippen LogP contribution in [0.5, 0.6) is 0 Å². The van der Waals surface area contributed by atoms with Crippen LogP contribution in [-0.4, -0.2) is 115 Å². The van der Waals surface area contributed by atoms with Gasteiger partial charge in [-0.2, -0.15) is 0 Å². The maximum atomic E-state index is 10.6. The lowest BCUT2D eigenvalue weighted by Crippen LogP contribution is -2.35. The van der Waals surface area contributed by atoms with E-state index in [4.69, 9.17) is 9.57 Å². The van der Waals surface area contributed by atoms with Gasteiger partial charge in [-0.15, -0.1) is 45.4 Å². The molecule has 0 aliphatic carbocycles. The maximum absolute atomic E-state index is 10.6. The number of nitrogens with zero attached hydrogens (tertiary/aromatic N) is 8. The lowest BCUT2D eigenvalue weighted by atomic mass is 10.3. The van der Waals surface area contributed by atoms with E-state index in [1.807, 2.05) is 0 Å². The van der Waals surface area contributed by atoms with Crippen molar-refractivity contribution in [1.29, 1.82) is 0 Å². The molecule has 0 rings (SSSR count). The minimum Gasteiger partial charge on any atom is -0.366 e. The van der Waals surface area contributed by atoms with E-state index >= 15 is 0 Å². The highest BCUT2D eigenvalue weighted by Gasteiger charge is 2.32. The molecule has 0 bridgehead atoms. The molecule has 0 aromatic rings. The van der Waals surface area contributed by atoms with Gasteiger partial charge in [-0.3, -0.25) is 9.34 Å². The third kappa shape index (κ3) is 13.6. The average molecular weight is 566 g/mol. The van der Waals surface area contributed by atoms with Crippen LogP contribution in [0, 0.1) is 40.5 Å². The summed E-state index contributed by atoms with van der Waals surface area (Å²) in [5.74, 6) is 0. The SMILES string of the molecule is CN(C)P(=NOCCC(CO[N+](=O)[O-])O[N+](=O)[O-])(N(C)C)N(C)COCCC(CO[N+](=O)[O-])O[N+](=O)[O-]. The molecule has 2 unspecified atom stereocenters. The lowest BCUT2D eigenvalue weighted by molar-refractivity contribution is -0.790. The van der Waals surface area contributed by atoms with Gasteiger partial charge in [0.05, 0.1) is 13.2 Å². The Morgan fingerprint density at radius 3 is 1.54 bits per heavy atom. The molecular formula is C14H31N8O14P. The van der Waals surface area contributed by atoms with Gasteiger partial charge in [-0.25, -0.2) is 9.51 Å². The van der Waals surface area contributed by atoms with Crippen molar-refractivity contribution < 1.29 is 49.3 Å². The Hall–Kier alpha value is -3.17. The zero-order chi connectivity index (χ0) is 28.6. The number of hydrogen-bond acceptors (Lipinski definition) is 15. The summed E-state index contributed by atoms with van der Waals surface area (Å²) in [7, 11) is 5.78. The zero-order valence-corrected chi connectivity index (χ0v) is 21.7. The maximum Gasteiger partial charge on any atom is 0.294 e. The van der Waals surface area contributed by atoms with Gasteiger partial charge in [0.25, 0.3) is 20.3 Å². The summed E-state index contributed by atoms with van der Waals surface area (Å²) in [6.07, 6.45) is -2.73. The molecule has 0 aliphatic rings. The normalized spacial score (nSPS) is 13.2. The summed E-state index contributed by atoms with van der Waals surface area (Å²) in [4.78, 5) is 68.4. The van der Waals surface area contributed by atoms with Crippen LogP contribution in [-0.2, 0) is 28.9 Å². The third-order valence-electron chi connectivity index (χ3n) is 4.29. The van der Waals surface area contributed by atoms with Crippen molar-refractivity contribution in [3.63, 3.8) is 0 Å². The molecule has 0 aromatic carbocycles. The number of ether oxygens (including phenoxy) is 1. The highest BCUT2D eigenvalue weighted by molar-refractivity contribution is 7.58. The van der Waals surface area contributed by atoms with Crippen molar-refractivity contribution in [3.8, 4) is 0 Å². The summed E-state index contributed by atoms with van der Waals surface area (Å²) < 4.78 is 10.7. The van der Waals surface area contributed by atoms with Crippen molar-refractivity contribution >= 4 is 7.51 Å². The van der Waals surface area contributed by atoms with E-state index in [-0.39, 0.29) is 32.8 Å². The predicted molar refractivity (Wildman–Crippen MR) is 120 cm³/mol. The van der Waals surface area contributed by atoms with Crippen LogP contribution >= 0.6 is 7.51 Å². The summed E-state index contributed by atoms with van der Waals surface area (Å²) in [5.41, 5.74) is 0. The zero-order valence-electron chi connectivity index (χ0n) is 20.8. The van der Waals surface area contributed by atoms with Crippen molar-refractivity contribution in [2.45, 2.75) is 25.0 Å². The Morgan fingerprint density at radius 1 is 0.730 bits per heavy atom. The summed E-state index contributed by atoms with van der Waals surface area (Å²) >= 11 is 0. The first-order valence-electron chi connectivity index (χ1n) is 10.3. The van der Waals surface area contributed by atoms with Crippen LogP contribution in [0.25, 0.3) is 0 Å². The third-order valence-corrected chi connectivity index (χ3v) is 7.81. The van der Waals surface area contributed by atoms with Gasteiger partial charge in [0.2, 0.25) is 0 Å². The second-order valence-electron chi connectivity index (χ2n) is 7.36. The van der Waals surface area contributed by atoms with E-state index in [2.05, 4.69) is 24.3 Å². The molecule has 37 heavy (non-hydrogen) atoms. The second kappa shape index (κ2) is 17.3. The van der Waals surface area contributed by atoms with Gasteiger partial charge in [0.15, 0.2) is 7.51 Å². The fourth-order valence-electron chi connectivity index (χ4n) is 2.83. The van der Waals surface area contributed by atoms with Gasteiger partial charge >= 0.3 is 0 Å². The van der Waals surface area contributed by atoms with Gasteiger partial charge in [-0.1, -0.05) is 0 Å². The molecule has 216 valence electrons. The van der Waals surface area contributed by atoms with Gasteiger partial charge in [-0.05, 0) is 41.7 Å². The first kappa shape index (κ1) is 33.8. The molecule has 22 nitrogen and oxygen atoms in total. The van der Waals surface area contributed by atoms with Gasteiger partial charge in [0.1, 0.15) is 32.2 Å². The molecule has 0 aliphatic heterocycles. The smallest absolute Gasteiger partial charge is 0.294 e. The van der Waals surface area contributed by atoms with Crippen LogP contribution in [0.3, 0.4) is 0 Å². The monoisotopic (exact) mass is 566 g/mol. The van der Waals surface area contributed by atoms with E-state index in [1.54, 1.807) is 49.2 Å². The molecule has 0 N–H and O–H groups in total. The van der Waals surface area contributed by atoms with Crippen molar-refractivity contribution in [2.24, 2.45) is 4.91 Å². The minimum absolute atomic E-state index is 0.0536. The van der Waals surface area contributed by atoms with Crippen LogP contribution in [0.2, 0.25) is 0 Å². The highest BCUT2D eigenvalue weighted by Crippen LogP contribution is 2.55. The molecule has 0 amide bonds. The fourth-order valence-corrected chi connectivity index (χ4v) is 5.66. The van der Waals surface area contributed by atoms with Crippen molar-refractivity contribution in [1.82, 2.24) is 14.0 Å². The average Bonchev–Trinajstić information content (AvgIpc) is 2.76. The first-order valence-corrected chi connectivity index (χ1v) is 11.9. The minimum atomic E-state index is -2.75. The standard InChI is InChI=1S/C14H31N8O14P/c1-16(2)37(17(3)4,15-32-9-7-14(36-22(29)30)11-34-20(25)26)18(5)12-31-8-6-13(35-21(27)28)10-33-19(23)24/h13-14H,6-12H2,1-5H3. The van der Waals surface area contributed by atoms with E-state index in [0.29, 0.717) is 0 Å². The van der Waals surface area contributed by atoms with E-state index in [1.165, 1.54) is 0 Å². The van der Waals surface area contributed by atoms with E-state index in [9.17, 15) is 40.5 Å². The second-order valence-corrected chi connectivity index (χ2v) is 10.9. The predicted octanol–water partition coefficient (Wildman–Crippen LogP) is 0.244. The highest BCUT2D eigenvalue weighted by atomic mass is 31.2. The molecule has 0 spiro atoms. The molecule has 0 fully saturated rings.